The van der Waals surface area contributed by atoms with Gasteiger partial charge in [0.2, 0.25) is 17.7 Å². The maximum absolute atomic E-state index is 13.0. The molecule has 3 amide bonds. The van der Waals surface area contributed by atoms with Gasteiger partial charge in [-0.05, 0) is 44.1 Å². The van der Waals surface area contributed by atoms with Crippen LogP contribution < -0.4 is 16.0 Å². The molecule has 0 bridgehead atoms. The molecule has 0 fully saturated rings. The van der Waals surface area contributed by atoms with Gasteiger partial charge in [-0.15, -0.1) is 0 Å². The number of nitrogens with one attached hydrogen (secondary N) is 3. The lowest BCUT2D eigenvalue weighted by Crippen LogP contribution is -2.43. The van der Waals surface area contributed by atoms with Crippen molar-refractivity contribution in [3.05, 3.63) is 35.9 Å². The Morgan fingerprint density at radius 1 is 0.647 bits per heavy atom. The molecule has 10 nitrogen and oxygen atoms in total. The molecule has 0 heterocycles. The lowest BCUT2D eigenvalue weighted by molar-refractivity contribution is -0.151. The van der Waals surface area contributed by atoms with E-state index in [1.165, 1.54) is 71.1 Å². The Balaban J connectivity index is 2.42. The van der Waals surface area contributed by atoms with Crippen molar-refractivity contribution >= 4 is 29.7 Å². The van der Waals surface area contributed by atoms with E-state index in [4.69, 9.17) is 4.74 Å². The first kappa shape index (κ1) is 45.6. The molecule has 1 rings (SSSR count). The first-order valence-corrected chi connectivity index (χ1v) is 20.0. The van der Waals surface area contributed by atoms with Crippen LogP contribution in [0.3, 0.4) is 0 Å². The molecule has 0 aliphatic carbocycles. The van der Waals surface area contributed by atoms with Crippen LogP contribution >= 0.6 is 0 Å². The fourth-order valence-corrected chi connectivity index (χ4v) is 6.09. The normalized spacial score (nSPS) is 12.1. The Labute approximate surface area is 308 Å². The van der Waals surface area contributed by atoms with Gasteiger partial charge < -0.3 is 25.8 Å². The van der Waals surface area contributed by atoms with Gasteiger partial charge >= 0.3 is 11.9 Å². The average molecular weight is 716 g/mol. The first-order valence-electron chi connectivity index (χ1n) is 20.0. The van der Waals surface area contributed by atoms with E-state index in [0.29, 0.717) is 32.4 Å². The molecule has 0 aromatic heterocycles. The Hall–Kier alpha value is -3.43. The third-order valence-electron chi connectivity index (χ3n) is 9.09. The van der Waals surface area contributed by atoms with Gasteiger partial charge in [0.05, 0.1) is 6.42 Å². The van der Waals surface area contributed by atoms with Gasteiger partial charge in [-0.3, -0.25) is 19.2 Å². The van der Waals surface area contributed by atoms with Gasteiger partial charge in [-0.2, -0.15) is 0 Å². The van der Waals surface area contributed by atoms with Crippen LogP contribution in [0.25, 0.3) is 0 Å². The highest BCUT2D eigenvalue weighted by Crippen LogP contribution is 2.17. The highest BCUT2D eigenvalue weighted by Gasteiger charge is 2.24. The van der Waals surface area contributed by atoms with Crippen LogP contribution in [0.5, 0.6) is 0 Å². The van der Waals surface area contributed by atoms with Crippen LogP contribution in [-0.2, 0) is 35.1 Å². The number of carboxylic acid groups (broad SMARTS) is 1. The summed E-state index contributed by atoms with van der Waals surface area (Å²) in [6, 6.07) is 8.11. The minimum atomic E-state index is -1.10. The molecule has 1 unspecified atom stereocenters. The molecular formula is C41H69N3O7. The lowest BCUT2D eigenvalue weighted by atomic mass is 10.0. The number of carbonyl (C=O) groups excluding carboxylic acids is 4. The standard InChI is InChI=1S/C41H69N3O7/c1-3-4-5-6-7-8-9-10-11-12-13-14-20-27-36(33-39(47)44-37(41(49)50)32-35-25-18-15-19-26-35)51-40(48)29-22-17-24-31-43-38(46)28-21-16-23-30-42-34(2)45/h15,18-19,25-26,36-37H,3-14,16-17,20-24,27-33H2,1-2H3,(H,42,45)(H,43,46)(H,44,47)(H,49,50)/t36?,37-/m0/s1. The molecule has 0 saturated carbocycles. The van der Waals surface area contributed by atoms with Crippen molar-refractivity contribution in [3.8, 4) is 0 Å². The summed E-state index contributed by atoms with van der Waals surface area (Å²) in [4.78, 5) is 60.6. The smallest absolute Gasteiger partial charge is 0.326 e. The molecule has 2 atom stereocenters. The van der Waals surface area contributed by atoms with E-state index in [0.717, 1.165) is 56.9 Å². The van der Waals surface area contributed by atoms with Crippen LogP contribution in [0, 0.1) is 0 Å². The van der Waals surface area contributed by atoms with Crippen LogP contribution in [0.1, 0.15) is 167 Å². The number of amides is 3. The number of esters is 1. The van der Waals surface area contributed by atoms with Gasteiger partial charge in [-0.1, -0.05) is 127 Å². The second kappa shape index (κ2) is 31.3. The number of hydrogen-bond donors (Lipinski definition) is 4. The molecule has 0 saturated heterocycles. The molecular weight excluding hydrogens is 646 g/mol. The van der Waals surface area contributed by atoms with Crippen LogP contribution in [-0.4, -0.2) is 60.0 Å². The summed E-state index contributed by atoms with van der Waals surface area (Å²) >= 11 is 0. The molecule has 0 radical (unpaired) electrons. The zero-order chi connectivity index (χ0) is 37.4. The highest BCUT2D eigenvalue weighted by molar-refractivity contribution is 5.84. The predicted molar refractivity (Wildman–Crippen MR) is 203 cm³/mol. The summed E-state index contributed by atoms with van der Waals surface area (Å²) in [6.07, 6.45) is 21.3. The molecule has 1 aromatic carbocycles. The number of rotatable bonds is 33. The Bertz CT molecular complexity index is 1080. The van der Waals surface area contributed by atoms with Crippen LogP contribution in [0.4, 0.5) is 0 Å². The van der Waals surface area contributed by atoms with Gasteiger partial charge in [0, 0.05) is 39.3 Å². The Morgan fingerprint density at radius 2 is 1.18 bits per heavy atom. The van der Waals surface area contributed by atoms with Crippen molar-refractivity contribution in [1.29, 1.82) is 0 Å². The summed E-state index contributed by atoms with van der Waals surface area (Å²) in [5.41, 5.74) is 0.815. The lowest BCUT2D eigenvalue weighted by Gasteiger charge is -2.20. The third kappa shape index (κ3) is 27.9. The van der Waals surface area contributed by atoms with Gasteiger partial charge in [-0.25, -0.2) is 4.79 Å². The van der Waals surface area contributed by atoms with E-state index >= 15 is 0 Å². The first-order chi connectivity index (χ1) is 24.7. The number of hydrogen-bond acceptors (Lipinski definition) is 6. The predicted octanol–water partition coefficient (Wildman–Crippen LogP) is 7.95. The minimum Gasteiger partial charge on any atom is -0.480 e. The fourth-order valence-electron chi connectivity index (χ4n) is 6.09. The van der Waals surface area contributed by atoms with E-state index in [9.17, 15) is 29.1 Å². The topological polar surface area (TPSA) is 151 Å². The summed E-state index contributed by atoms with van der Waals surface area (Å²) < 4.78 is 5.78. The van der Waals surface area contributed by atoms with Gasteiger partial charge in [0.25, 0.3) is 0 Å². The molecule has 10 heteroatoms. The van der Waals surface area contributed by atoms with E-state index in [2.05, 4.69) is 22.9 Å². The molecule has 51 heavy (non-hydrogen) atoms. The van der Waals surface area contributed by atoms with Gasteiger partial charge in [0.15, 0.2) is 0 Å². The summed E-state index contributed by atoms with van der Waals surface area (Å²) in [7, 11) is 0. The average Bonchev–Trinajstić information content (AvgIpc) is 3.09. The second-order valence-electron chi connectivity index (χ2n) is 13.9. The number of unbranched alkanes of at least 4 members (excludes halogenated alkanes) is 16. The molecule has 290 valence electrons. The van der Waals surface area contributed by atoms with Crippen molar-refractivity contribution in [2.45, 2.75) is 180 Å². The van der Waals surface area contributed by atoms with Crippen molar-refractivity contribution in [3.63, 3.8) is 0 Å². The highest BCUT2D eigenvalue weighted by atomic mass is 16.5. The van der Waals surface area contributed by atoms with Crippen molar-refractivity contribution in [2.75, 3.05) is 13.1 Å². The molecule has 0 aliphatic rings. The van der Waals surface area contributed by atoms with Crippen LogP contribution in [0.15, 0.2) is 30.3 Å². The van der Waals surface area contributed by atoms with Gasteiger partial charge in [0.1, 0.15) is 12.1 Å². The minimum absolute atomic E-state index is 0.0112. The quantitative estimate of drug-likeness (QED) is 0.0426. The summed E-state index contributed by atoms with van der Waals surface area (Å²) in [5.74, 6) is -1.93. The second-order valence-corrected chi connectivity index (χ2v) is 13.9. The number of carboxylic acids is 1. The zero-order valence-electron chi connectivity index (χ0n) is 31.8. The van der Waals surface area contributed by atoms with Crippen molar-refractivity contribution in [1.82, 2.24) is 16.0 Å². The number of aliphatic carboxylic acids is 1. The van der Waals surface area contributed by atoms with Crippen molar-refractivity contribution < 1.29 is 33.8 Å². The Morgan fingerprint density at radius 3 is 1.75 bits per heavy atom. The number of ether oxygens (including phenoxy) is 1. The zero-order valence-corrected chi connectivity index (χ0v) is 31.8. The molecule has 1 aromatic rings. The summed E-state index contributed by atoms with van der Waals surface area (Å²) in [5, 5.41) is 18.0. The van der Waals surface area contributed by atoms with E-state index in [-0.39, 0.29) is 37.0 Å². The maximum Gasteiger partial charge on any atom is 0.326 e. The summed E-state index contributed by atoms with van der Waals surface area (Å²) in [6.45, 7) is 4.92. The fraction of sp³-hybridized carbons (Fsp3) is 0.732. The van der Waals surface area contributed by atoms with Crippen LogP contribution in [0.2, 0.25) is 0 Å². The largest absolute Gasteiger partial charge is 0.480 e. The SMILES string of the molecule is CCCCCCCCCCCCCCCC(CC(=O)N[C@@H](Cc1ccccc1)C(=O)O)OC(=O)CCCCCNC(=O)CCCCCNC(C)=O. The third-order valence-corrected chi connectivity index (χ3v) is 9.09. The Kier molecular flexibility index (Phi) is 28.0. The monoisotopic (exact) mass is 716 g/mol. The van der Waals surface area contributed by atoms with E-state index in [1.807, 2.05) is 30.3 Å². The molecule has 4 N–H and O–H groups in total. The maximum atomic E-state index is 13.0. The molecule has 0 aliphatic heterocycles. The number of benzene rings is 1. The molecule has 0 spiro atoms. The van der Waals surface area contributed by atoms with E-state index < -0.39 is 24.0 Å². The van der Waals surface area contributed by atoms with Crippen molar-refractivity contribution in [2.24, 2.45) is 0 Å². The number of carbonyl (C=O) groups is 5. The van der Waals surface area contributed by atoms with E-state index in [1.54, 1.807) is 0 Å².